The first-order valence-electron chi connectivity index (χ1n) is 7.16. The van der Waals surface area contributed by atoms with E-state index in [2.05, 4.69) is 14.9 Å². The molecule has 3 rings (SSSR count). The number of nitrogens with zero attached hydrogens (tertiary/aromatic N) is 3. The van der Waals surface area contributed by atoms with E-state index in [1.54, 1.807) is 0 Å². The summed E-state index contributed by atoms with van der Waals surface area (Å²) < 4.78 is 0. The van der Waals surface area contributed by atoms with Gasteiger partial charge in [0.2, 0.25) is 5.91 Å². The summed E-state index contributed by atoms with van der Waals surface area (Å²) in [4.78, 5) is 22.4. The van der Waals surface area contributed by atoms with E-state index >= 15 is 0 Å². The molecule has 6 nitrogen and oxygen atoms in total. The molecule has 110 valence electrons. The van der Waals surface area contributed by atoms with Crippen LogP contribution in [0, 0.1) is 5.92 Å². The number of primary amides is 1. The highest BCUT2D eigenvalue weighted by Crippen LogP contribution is 2.20. The Morgan fingerprint density at radius 3 is 2.67 bits per heavy atom. The van der Waals surface area contributed by atoms with Gasteiger partial charge in [0.1, 0.15) is 11.6 Å². The highest BCUT2D eigenvalue weighted by atomic mass is 16.1. The number of para-hydroxylation sites is 1. The molecule has 21 heavy (non-hydrogen) atoms. The summed E-state index contributed by atoms with van der Waals surface area (Å²) in [5.74, 6) is 1.05. The van der Waals surface area contributed by atoms with Gasteiger partial charge in [-0.1, -0.05) is 12.1 Å². The van der Waals surface area contributed by atoms with Gasteiger partial charge in [-0.15, -0.1) is 0 Å². The van der Waals surface area contributed by atoms with Gasteiger partial charge in [-0.25, -0.2) is 9.97 Å². The number of piperidine rings is 1. The molecule has 1 aliphatic heterocycles. The van der Waals surface area contributed by atoms with Gasteiger partial charge in [0.05, 0.1) is 12.1 Å². The van der Waals surface area contributed by atoms with E-state index < -0.39 is 0 Å². The molecule has 1 aromatic carbocycles. The first-order valence-corrected chi connectivity index (χ1v) is 7.16. The maximum absolute atomic E-state index is 11.2. The van der Waals surface area contributed by atoms with Crippen LogP contribution in [0.2, 0.25) is 0 Å². The normalized spacial score (nSPS) is 17.1. The van der Waals surface area contributed by atoms with Crippen molar-refractivity contribution in [2.45, 2.75) is 19.4 Å². The van der Waals surface area contributed by atoms with Gasteiger partial charge in [-0.3, -0.25) is 9.69 Å². The zero-order valence-electron chi connectivity index (χ0n) is 11.8. The third kappa shape index (κ3) is 2.95. The summed E-state index contributed by atoms with van der Waals surface area (Å²) in [5.41, 5.74) is 12.2. The smallest absolute Gasteiger partial charge is 0.220 e. The van der Waals surface area contributed by atoms with Gasteiger partial charge in [0.25, 0.3) is 0 Å². The molecule has 1 saturated heterocycles. The van der Waals surface area contributed by atoms with Crippen LogP contribution in [-0.4, -0.2) is 33.9 Å². The largest absolute Gasteiger partial charge is 0.383 e. The zero-order valence-corrected chi connectivity index (χ0v) is 11.8. The van der Waals surface area contributed by atoms with Gasteiger partial charge in [0.15, 0.2) is 0 Å². The second-order valence-corrected chi connectivity index (χ2v) is 5.50. The fourth-order valence-electron chi connectivity index (χ4n) is 2.80. The van der Waals surface area contributed by atoms with Crippen LogP contribution >= 0.6 is 0 Å². The van der Waals surface area contributed by atoms with E-state index in [-0.39, 0.29) is 11.8 Å². The molecule has 1 fully saturated rings. The Kier molecular flexibility index (Phi) is 3.70. The fourth-order valence-corrected chi connectivity index (χ4v) is 2.80. The van der Waals surface area contributed by atoms with E-state index in [0.717, 1.165) is 42.7 Å². The Hall–Kier alpha value is -2.21. The number of amides is 1. The fraction of sp³-hybridized carbons (Fsp3) is 0.400. The molecule has 1 amide bonds. The van der Waals surface area contributed by atoms with Crippen LogP contribution in [0.5, 0.6) is 0 Å². The summed E-state index contributed by atoms with van der Waals surface area (Å²) in [5, 5.41) is 0.883. The Morgan fingerprint density at radius 2 is 1.95 bits per heavy atom. The van der Waals surface area contributed by atoms with E-state index in [9.17, 15) is 4.79 Å². The molecular weight excluding hydrogens is 266 g/mol. The van der Waals surface area contributed by atoms with Gasteiger partial charge in [-0.05, 0) is 38.1 Å². The summed E-state index contributed by atoms with van der Waals surface area (Å²) >= 11 is 0. The van der Waals surface area contributed by atoms with Gasteiger partial charge in [-0.2, -0.15) is 0 Å². The number of hydrogen-bond acceptors (Lipinski definition) is 5. The first-order chi connectivity index (χ1) is 10.1. The molecule has 0 atom stereocenters. The number of hydrogen-bond donors (Lipinski definition) is 2. The molecule has 6 heteroatoms. The van der Waals surface area contributed by atoms with Crippen molar-refractivity contribution in [3.05, 3.63) is 30.1 Å². The van der Waals surface area contributed by atoms with Gasteiger partial charge >= 0.3 is 0 Å². The highest BCUT2D eigenvalue weighted by molar-refractivity contribution is 5.87. The van der Waals surface area contributed by atoms with Crippen LogP contribution in [0.15, 0.2) is 24.3 Å². The van der Waals surface area contributed by atoms with Crippen molar-refractivity contribution < 1.29 is 4.79 Å². The second kappa shape index (κ2) is 5.65. The summed E-state index contributed by atoms with van der Waals surface area (Å²) in [6.45, 7) is 2.33. The number of nitrogen functional groups attached to an aromatic ring is 1. The number of nitrogens with two attached hydrogens (primary N) is 2. The Labute approximate surface area is 123 Å². The minimum Gasteiger partial charge on any atom is -0.383 e. The van der Waals surface area contributed by atoms with Crippen molar-refractivity contribution in [1.29, 1.82) is 0 Å². The number of rotatable bonds is 3. The average Bonchev–Trinajstić information content (AvgIpc) is 2.48. The molecule has 2 aromatic rings. The highest BCUT2D eigenvalue weighted by Gasteiger charge is 2.23. The molecular formula is C15H19N5O. The molecule has 0 aliphatic carbocycles. The maximum atomic E-state index is 11.2. The molecule has 0 unspecified atom stereocenters. The zero-order chi connectivity index (χ0) is 14.8. The Balaban J connectivity index is 1.73. The number of aromatic nitrogens is 2. The summed E-state index contributed by atoms with van der Waals surface area (Å²) in [6, 6.07) is 7.73. The molecule has 4 N–H and O–H groups in total. The van der Waals surface area contributed by atoms with Crippen LogP contribution < -0.4 is 11.5 Å². The quantitative estimate of drug-likeness (QED) is 0.873. The lowest BCUT2D eigenvalue weighted by Crippen LogP contribution is -2.38. The van der Waals surface area contributed by atoms with Crippen molar-refractivity contribution in [3.8, 4) is 0 Å². The van der Waals surface area contributed by atoms with Crippen LogP contribution in [0.3, 0.4) is 0 Å². The van der Waals surface area contributed by atoms with Crippen LogP contribution in [0.4, 0.5) is 5.82 Å². The number of anilines is 1. The van der Waals surface area contributed by atoms with E-state index in [1.807, 2.05) is 24.3 Å². The third-order valence-electron chi connectivity index (χ3n) is 4.03. The topological polar surface area (TPSA) is 98.1 Å². The lowest BCUT2D eigenvalue weighted by Gasteiger charge is -2.29. The Bertz CT molecular complexity index is 664. The van der Waals surface area contributed by atoms with E-state index in [1.165, 1.54) is 0 Å². The lowest BCUT2D eigenvalue weighted by atomic mass is 9.96. The van der Waals surface area contributed by atoms with E-state index in [4.69, 9.17) is 11.5 Å². The maximum Gasteiger partial charge on any atom is 0.220 e. The third-order valence-corrected chi connectivity index (χ3v) is 4.03. The van der Waals surface area contributed by atoms with Crippen molar-refractivity contribution in [2.24, 2.45) is 11.7 Å². The van der Waals surface area contributed by atoms with E-state index in [0.29, 0.717) is 12.4 Å². The minimum absolute atomic E-state index is 0.00356. The number of carbonyl (C=O) groups excluding carboxylic acids is 1. The monoisotopic (exact) mass is 285 g/mol. The summed E-state index contributed by atoms with van der Waals surface area (Å²) in [6.07, 6.45) is 1.61. The van der Waals surface area contributed by atoms with Crippen molar-refractivity contribution in [2.75, 3.05) is 18.8 Å². The summed E-state index contributed by atoms with van der Waals surface area (Å²) in [7, 11) is 0. The molecule has 2 heterocycles. The number of fused-ring (bicyclic) bond motifs is 1. The first kappa shape index (κ1) is 13.8. The van der Waals surface area contributed by atoms with Gasteiger partial charge in [0, 0.05) is 11.3 Å². The minimum atomic E-state index is -0.194. The van der Waals surface area contributed by atoms with Crippen molar-refractivity contribution in [1.82, 2.24) is 14.9 Å². The molecule has 0 bridgehead atoms. The molecule has 0 spiro atoms. The van der Waals surface area contributed by atoms with Crippen LogP contribution in [0.25, 0.3) is 10.9 Å². The lowest BCUT2D eigenvalue weighted by molar-refractivity contribution is -0.123. The predicted molar refractivity (Wildman–Crippen MR) is 81.1 cm³/mol. The van der Waals surface area contributed by atoms with Crippen LogP contribution in [-0.2, 0) is 11.3 Å². The number of benzene rings is 1. The van der Waals surface area contributed by atoms with Gasteiger partial charge < -0.3 is 11.5 Å². The molecule has 1 aliphatic rings. The molecule has 0 radical (unpaired) electrons. The standard InChI is InChI=1S/C15H19N5O/c16-14-11-3-1-2-4-12(11)18-13(19-14)9-20-7-5-10(6-8-20)15(17)21/h1-4,10H,5-9H2,(H2,17,21)(H2,16,18,19). The second-order valence-electron chi connectivity index (χ2n) is 5.50. The number of carbonyl (C=O) groups is 1. The predicted octanol–water partition coefficient (Wildman–Crippen LogP) is 0.909. The SMILES string of the molecule is NC(=O)C1CCN(Cc2nc(N)c3ccccc3n2)CC1. The average molecular weight is 285 g/mol. The molecule has 0 saturated carbocycles. The molecule has 1 aromatic heterocycles. The number of likely N-dealkylation sites (tertiary alicyclic amines) is 1. The van der Waals surface area contributed by atoms with Crippen LogP contribution in [0.1, 0.15) is 18.7 Å². The van der Waals surface area contributed by atoms with Crippen molar-refractivity contribution in [3.63, 3.8) is 0 Å². The Morgan fingerprint density at radius 1 is 1.24 bits per heavy atom. The van der Waals surface area contributed by atoms with Crippen molar-refractivity contribution >= 4 is 22.6 Å².